The number of nitrogens with zero attached hydrogens (tertiary/aromatic N) is 3. The standard InChI is InChI=1S/C14H24N6O/c1-3-11-17-13(10(2)14(18-11)19-15)16-9-12(21)20-7-5-4-6-8-20/h3-9,15H2,1-2H3,(H2,16,17,18,19). The Morgan fingerprint density at radius 2 is 1.90 bits per heavy atom. The quantitative estimate of drug-likeness (QED) is 0.554. The Labute approximate surface area is 125 Å². The number of amides is 1. The Kier molecular flexibility index (Phi) is 5.32. The lowest BCUT2D eigenvalue weighted by atomic mass is 10.1. The molecule has 0 unspecified atom stereocenters. The minimum absolute atomic E-state index is 0.119. The van der Waals surface area contributed by atoms with Crippen LogP contribution in [-0.4, -0.2) is 40.4 Å². The summed E-state index contributed by atoms with van der Waals surface area (Å²) in [6, 6.07) is 0. The number of nitrogen functional groups attached to an aromatic ring is 1. The Morgan fingerprint density at radius 3 is 2.52 bits per heavy atom. The van der Waals surface area contributed by atoms with Crippen LogP contribution in [0.15, 0.2) is 0 Å². The normalized spacial score (nSPS) is 14.9. The Balaban J connectivity index is 2.03. The van der Waals surface area contributed by atoms with Crippen molar-refractivity contribution >= 4 is 17.5 Å². The summed E-state index contributed by atoms with van der Waals surface area (Å²) in [7, 11) is 0. The third-order valence-corrected chi connectivity index (χ3v) is 3.76. The number of nitrogens with two attached hydrogens (primary N) is 1. The van der Waals surface area contributed by atoms with Gasteiger partial charge in [0.1, 0.15) is 17.5 Å². The smallest absolute Gasteiger partial charge is 0.241 e. The van der Waals surface area contributed by atoms with Gasteiger partial charge >= 0.3 is 0 Å². The van der Waals surface area contributed by atoms with Crippen molar-refractivity contribution in [1.29, 1.82) is 0 Å². The van der Waals surface area contributed by atoms with Gasteiger partial charge in [-0.1, -0.05) is 6.92 Å². The van der Waals surface area contributed by atoms with Crippen LogP contribution in [0.4, 0.5) is 11.6 Å². The maximum Gasteiger partial charge on any atom is 0.241 e. The molecule has 0 radical (unpaired) electrons. The number of aromatic nitrogens is 2. The van der Waals surface area contributed by atoms with Crippen molar-refractivity contribution in [3.8, 4) is 0 Å². The molecule has 0 aliphatic carbocycles. The number of hydrogen-bond acceptors (Lipinski definition) is 6. The number of hydrogen-bond donors (Lipinski definition) is 3. The summed E-state index contributed by atoms with van der Waals surface area (Å²) in [4.78, 5) is 22.8. The Morgan fingerprint density at radius 1 is 1.24 bits per heavy atom. The van der Waals surface area contributed by atoms with Crippen molar-refractivity contribution in [2.24, 2.45) is 5.84 Å². The maximum absolute atomic E-state index is 12.2. The Bertz CT molecular complexity index is 498. The zero-order chi connectivity index (χ0) is 15.2. The molecule has 7 nitrogen and oxygen atoms in total. The molecule has 2 rings (SSSR count). The second kappa shape index (κ2) is 7.21. The zero-order valence-electron chi connectivity index (χ0n) is 12.8. The first-order chi connectivity index (χ1) is 10.2. The van der Waals surface area contributed by atoms with Gasteiger partial charge < -0.3 is 15.6 Å². The SMILES string of the molecule is CCc1nc(NN)c(C)c(NCC(=O)N2CCCCC2)n1. The van der Waals surface area contributed by atoms with E-state index in [-0.39, 0.29) is 12.5 Å². The van der Waals surface area contributed by atoms with Gasteiger partial charge in [-0.25, -0.2) is 15.8 Å². The molecule has 0 aromatic carbocycles. The van der Waals surface area contributed by atoms with Crippen molar-refractivity contribution in [2.75, 3.05) is 30.4 Å². The number of carbonyl (C=O) groups is 1. The van der Waals surface area contributed by atoms with Crippen molar-refractivity contribution < 1.29 is 4.79 Å². The number of hydrazine groups is 1. The molecule has 21 heavy (non-hydrogen) atoms. The second-order valence-corrected chi connectivity index (χ2v) is 5.25. The van der Waals surface area contributed by atoms with Crippen LogP contribution >= 0.6 is 0 Å². The predicted octanol–water partition coefficient (Wildman–Crippen LogP) is 1.06. The van der Waals surface area contributed by atoms with Crippen LogP contribution in [0, 0.1) is 6.92 Å². The monoisotopic (exact) mass is 292 g/mol. The number of carbonyl (C=O) groups excluding carboxylic acids is 1. The van der Waals surface area contributed by atoms with Gasteiger partial charge in [0.25, 0.3) is 0 Å². The summed E-state index contributed by atoms with van der Waals surface area (Å²) in [5, 5.41) is 3.12. The summed E-state index contributed by atoms with van der Waals surface area (Å²) in [5.41, 5.74) is 3.40. The van der Waals surface area contributed by atoms with Crippen molar-refractivity contribution in [3.63, 3.8) is 0 Å². The number of nitrogens with one attached hydrogen (secondary N) is 2. The van der Waals surface area contributed by atoms with E-state index in [1.807, 2.05) is 18.7 Å². The van der Waals surface area contributed by atoms with Crippen LogP contribution in [0.25, 0.3) is 0 Å². The van der Waals surface area contributed by atoms with E-state index in [0.717, 1.165) is 31.5 Å². The van der Waals surface area contributed by atoms with E-state index in [1.165, 1.54) is 6.42 Å². The molecule has 116 valence electrons. The summed E-state index contributed by atoms with van der Waals surface area (Å²) in [6.07, 6.45) is 4.12. The van der Waals surface area contributed by atoms with Crippen molar-refractivity contribution in [2.45, 2.75) is 39.5 Å². The molecular formula is C14H24N6O. The van der Waals surface area contributed by atoms with E-state index < -0.39 is 0 Å². The minimum atomic E-state index is 0.119. The van der Waals surface area contributed by atoms with Crippen LogP contribution in [0.3, 0.4) is 0 Å². The van der Waals surface area contributed by atoms with E-state index in [4.69, 9.17) is 5.84 Å². The van der Waals surface area contributed by atoms with Gasteiger partial charge in [-0.15, -0.1) is 0 Å². The summed E-state index contributed by atoms with van der Waals surface area (Å²) < 4.78 is 0. The fourth-order valence-electron chi connectivity index (χ4n) is 2.45. The van der Waals surface area contributed by atoms with Crippen molar-refractivity contribution in [1.82, 2.24) is 14.9 Å². The lowest BCUT2D eigenvalue weighted by molar-refractivity contribution is -0.130. The fourth-order valence-corrected chi connectivity index (χ4v) is 2.45. The number of rotatable bonds is 5. The van der Waals surface area contributed by atoms with Gasteiger partial charge in [0.2, 0.25) is 5.91 Å². The third-order valence-electron chi connectivity index (χ3n) is 3.76. The Hall–Kier alpha value is -1.89. The molecule has 4 N–H and O–H groups in total. The molecule has 0 atom stereocenters. The zero-order valence-corrected chi connectivity index (χ0v) is 12.8. The molecular weight excluding hydrogens is 268 g/mol. The van der Waals surface area contributed by atoms with Crippen LogP contribution in [0.1, 0.15) is 37.6 Å². The molecule has 1 aromatic rings. The molecule has 1 amide bonds. The van der Waals surface area contributed by atoms with Gasteiger partial charge in [-0.2, -0.15) is 0 Å². The average Bonchev–Trinajstić information content (AvgIpc) is 2.54. The molecule has 0 saturated carbocycles. The molecule has 1 saturated heterocycles. The minimum Gasteiger partial charge on any atom is -0.361 e. The van der Waals surface area contributed by atoms with Crippen LogP contribution < -0.4 is 16.6 Å². The second-order valence-electron chi connectivity index (χ2n) is 5.25. The van der Waals surface area contributed by atoms with E-state index in [9.17, 15) is 4.79 Å². The molecule has 0 spiro atoms. The largest absolute Gasteiger partial charge is 0.361 e. The third kappa shape index (κ3) is 3.81. The van der Waals surface area contributed by atoms with E-state index in [2.05, 4.69) is 20.7 Å². The first-order valence-electron chi connectivity index (χ1n) is 7.51. The number of piperidine rings is 1. The van der Waals surface area contributed by atoms with Gasteiger partial charge in [-0.3, -0.25) is 4.79 Å². The molecule has 1 aromatic heterocycles. The topological polar surface area (TPSA) is 96.2 Å². The lowest BCUT2D eigenvalue weighted by Gasteiger charge is -2.27. The summed E-state index contributed by atoms with van der Waals surface area (Å²) in [5.74, 6) is 7.55. The highest BCUT2D eigenvalue weighted by molar-refractivity contribution is 5.81. The van der Waals surface area contributed by atoms with Crippen molar-refractivity contribution in [3.05, 3.63) is 11.4 Å². The van der Waals surface area contributed by atoms with Gasteiger partial charge in [0.15, 0.2) is 0 Å². The van der Waals surface area contributed by atoms with E-state index in [0.29, 0.717) is 23.9 Å². The van der Waals surface area contributed by atoms with Gasteiger partial charge in [0, 0.05) is 25.1 Å². The lowest BCUT2D eigenvalue weighted by Crippen LogP contribution is -2.39. The molecule has 2 heterocycles. The maximum atomic E-state index is 12.2. The van der Waals surface area contributed by atoms with E-state index in [1.54, 1.807) is 0 Å². The fraction of sp³-hybridized carbons (Fsp3) is 0.643. The molecule has 7 heteroatoms. The van der Waals surface area contributed by atoms with Crippen LogP contribution in [0.5, 0.6) is 0 Å². The first-order valence-corrected chi connectivity index (χ1v) is 7.51. The summed E-state index contributed by atoms with van der Waals surface area (Å²) in [6.45, 7) is 5.83. The molecule has 0 bridgehead atoms. The first kappa shape index (κ1) is 15.5. The van der Waals surface area contributed by atoms with Gasteiger partial charge in [-0.05, 0) is 26.2 Å². The molecule has 1 aliphatic heterocycles. The highest BCUT2D eigenvalue weighted by Gasteiger charge is 2.17. The highest BCUT2D eigenvalue weighted by Crippen LogP contribution is 2.19. The molecule has 1 aliphatic rings. The predicted molar refractivity (Wildman–Crippen MR) is 82.9 cm³/mol. The van der Waals surface area contributed by atoms with Crippen LogP contribution in [-0.2, 0) is 11.2 Å². The van der Waals surface area contributed by atoms with E-state index >= 15 is 0 Å². The van der Waals surface area contributed by atoms with Gasteiger partial charge in [0.05, 0.1) is 6.54 Å². The number of likely N-dealkylation sites (tertiary alicyclic amines) is 1. The number of anilines is 2. The molecule has 1 fully saturated rings. The highest BCUT2D eigenvalue weighted by atomic mass is 16.2. The van der Waals surface area contributed by atoms with Crippen LogP contribution in [0.2, 0.25) is 0 Å². The number of aryl methyl sites for hydroxylation is 1. The summed E-state index contributed by atoms with van der Waals surface area (Å²) >= 11 is 0. The average molecular weight is 292 g/mol.